The highest BCUT2D eigenvalue weighted by atomic mass is 32.2. The first-order valence-electron chi connectivity index (χ1n) is 5.25. The first kappa shape index (κ1) is 13.0. The standard InChI is InChI=1S/C11H13N3O2S2/c1-8-10(3-2-4-13-8)14-18(15,16)11-5-9(6-12)7-17-11/h2-5,7,14H,6,12H2,1H3. The molecule has 2 aromatic heterocycles. The van der Waals surface area contributed by atoms with Gasteiger partial charge in [0.2, 0.25) is 0 Å². The Morgan fingerprint density at radius 1 is 1.50 bits per heavy atom. The Labute approximate surface area is 110 Å². The molecule has 0 spiro atoms. The summed E-state index contributed by atoms with van der Waals surface area (Å²) in [5, 5.41) is 1.74. The molecular formula is C11H13N3O2S2. The minimum Gasteiger partial charge on any atom is -0.326 e. The largest absolute Gasteiger partial charge is 0.326 e. The minimum absolute atomic E-state index is 0.256. The van der Waals surface area contributed by atoms with Crippen LogP contribution >= 0.6 is 11.3 Å². The second-order valence-electron chi connectivity index (χ2n) is 3.72. The van der Waals surface area contributed by atoms with Crippen molar-refractivity contribution < 1.29 is 8.42 Å². The summed E-state index contributed by atoms with van der Waals surface area (Å²) in [5.41, 5.74) is 7.40. The number of hydrogen-bond acceptors (Lipinski definition) is 5. The molecule has 0 saturated carbocycles. The molecular weight excluding hydrogens is 270 g/mol. The molecule has 96 valence electrons. The van der Waals surface area contributed by atoms with Crippen molar-refractivity contribution in [2.45, 2.75) is 17.7 Å². The average molecular weight is 283 g/mol. The third-order valence-electron chi connectivity index (χ3n) is 2.38. The quantitative estimate of drug-likeness (QED) is 0.894. The molecule has 0 bridgehead atoms. The molecule has 18 heavy (non-hydrogen) atoms. The summed E-state index contributed by atoms with van der Waals surface area (Å²) in [6, 6.07) is 4.95. The number of thiophene rings is 1. The topological polar surface area (TPSA) is 85.1 Å². The Balaban J connectivity index is 2.30. The van der Waals surface area contributed by atoms with Crippen molar-refractivity contribution in [3.63, 3.8) is 0 Å². The van der Waals surface area contributed by atoms with Crippen molar-refractivity contribution in [2.24, 2.45) is 5.73 Å². The molecule has 7 heteroatoms. The molecule has 2 heterocycles. The van der Waals surface area contributed by atoms with Crippen molar-refractivity contribution >= 4 is 27.0 Å². The van der Waals surface area contributed by atoms with Crippen molar-refractivity contribution in [3.05, 3.63) is 41.0 Å². The zero-order chi connectivity index (χ0) is 13.2. The third-order valence-corrected chi connectivity index (χ3v) is 5.24. The fourth-order valence-electron chi connectivity index (χ4n) is 1.39. The van der Waals surface area contributed by atoms with E-state index in [9.17, 15) is 8.42 Å². The molecule has 0 aliphatic heterocycles. The highest BCUT2D eigenvalue weighted by molar-refractivity contribution is 7.94. The van der Waals surface area contributed by atoms with Crippen LogP contribution in [0.4, 0.5) is 5.69 Å². The Kier molecular flexibility index (Phi) is 3.65. The smallest absolute Gasteiger partial charge is 0.271 e. The van der Waals surface area contributed by atoms with Crippen molar-refractivity contribution in [2.75, 3.05) is 4.72 Å². The summed E-state index contributed by atoms with van der Waals surface area (Å²) in [6.07, 6.45) is 1.62. The molecule has 0 fully saturated rings. The monoisotopic (exact) mass is 283 g/mol. The van der Waals surface area contributed by atoms with Gasteiger partial charge in [-0.1, -0.05) is 0 Å². The van der Waals surface area contributed by atoms with Gasteiger partial charge in [-0.3, -0.25) is 9.71 Å². The van der Waals surface area contributed by atoms with Gasteiger partial charge in [0.15, 0.2) is 0 Å². The molecule has 0 amide bonds. The van der Waals surface area contributed by atoms with E-state index in [-0.39, 0.29) is 4.21 Å². The fraction of sp³-hybridized carbons (Fsp3) is 0.182. The van der Waals surface area contributed by atoms with Gasteiger partial charge < -0.3 is 5.73 Å². The van der Waals surface area contributed by atoms with Crippen LogP contribution < -0.4 is 10.5 Å². The lowest BCUT2D eigenvalue weighted by molar-refractivity contribution is 0.603. The van der Waals surface area contributed by atoms with Crippen LogP contribution in [-0.2, 0) is 16.6 Å². The molecule has 0 aliphatic carbocycles. The first-order valence-corrected chi connectivity index (χ1v) is 7.61. The number of aromatic nitrogens is 1. The SMILES string of the molecule is Cc1ncccc1NS(=O)(=O)c1cc(CN)cs1. The molecule has 2 rings (SSSR count). The van der Waals surface area contributed by atoms with Crippen molar-refractivity contribution in [1.82, 2.24) is 4.98 Å². The number of rotatable bonds is 4. The normalized spacial score (nSPS) is 11.4. The van der Waals surface area contributed by atoms with Gasteiger partial charge >= 0.3 is 0 Å². The van der Waals surface area contributed by atoms with Crippen LogP contribution in [0.1, 0.15) is 11.3 Å². The van der Waals surface area contributed by atoms with Crippen LogP contribution in [0.25, 0.3) is 0 Å². The van der Waals surface area contributed by atoms with Gasteiger partial charge in [0.1, 0.15) is 4.21 Å². The van der Waals surface area contributed by atoms with Gasteiger partial charge in [0, 0.05) is 12.7 Å². The number of nitrogens with zero attached hydrogens (tertiary/aromatic N) is 1. The predicted octanol–water partition coefficient (Wildman–Crippen LogP) is 1.71. The maximum Gasteiger partial charge on any atom is 0.271 e. The van der Waals surface area contributed by atoms with Crippen LogP contribution in [-0.4, -0.2) is 13.4 Å². The number of sulfonamides is 1. The number of pyridine rings is 1. The van der Waals surface area contributed by atoms with Gasteiger partial charge in [0.25, 0.3) is 10.0 Å². The molecule has 0 atom stereocenters. The molecule has 2 aromatic rings. The van der Waals surface area contributed by atoms with E-state index < -0.39 is 10.0 Å². The maximum absolute atomic E-state index is 12.1. The molecule has 0 aromatic carbocycles. The molecule has 0 aliphatic rings. The summed E-state index contributed by atoms with van der Waals surface area (Å²) >= 11 is 1.16. The fourth-order valence-corrected chi connectivity index (χ4v) is 3.73. The summed E-state index contributed by atoms with van der Waals surface area (Å²) in [4.78, 5) is 4.03. The molecule has 5 nitrogen and oxygen atoms in total. The summed E-state index contributed by atoms with van der Waals surface area (Å²) in [6.45, 7) is 2.08. The Morgan fingerprint density at radius 3 is 2.89 bits per heavy atom. The van der Waals surface area contributed by atoms with Gasteiger partial charge in [-0.05, 0) is 36.1 Å². The zero-order valence-electron chi connectivity index (χ0n) is 9.75. The Morgan fingerprint density at radius 2 is 2.28 bits per heavy atom. The second kappa shape index (κ2) is 5.05. The van der Waals surface area contributed by atoms with E-state index in [2.05, 4.69) is 9.71 Å². The molecule has 3 N–H and O–H groups in total. The van der Waals surface area contributed by atoms with Gasteiger partial charge in [-0.25, -0.2) is 8.42 Å². The lowest BCUT2D eigenvalue weighted by Gasteiger charge is -2.07. The van der Waals surface area contributed by atoms with E-state index in [1.165, 1.54) is 0 Å². The molecule has 0 unspecified atom stereocenters. The van der Waals surface area contributed by atoms with Crippen LogP contribution in [0, 0.1) is 6.92 Å². The van der Waals surface area contributed by atoms with E-state index in [0.717, 1.165) is 16.9 Å². The van der Waals surface area contributed by atoms with E-state index in [1.54, 1.807) is 36.7 Å². The van der Waals surface area contributed by atoms with E-state index in [0.29, 0.717) is 17.9 Å². The molecule has 0 saturated heterocycles. The number of hydrogen-bond donors (Lipinski definition) is 2. The van der Waals surface area contributed by atoms with E-state index in [1.807, 2.05) is 0 Å². The molecule has 0 radical (unpaired) electrons. The number of anilines is 1. The van der Waals surface area contributed by atoms with Gasteiger partial charge in [-0.15, -0.1) is 11.3 Å². The summed E-state index contributed by atoms with van der Waals surface area (Å²) < 4.78 is 27.0. The second-order valence-corrected chi connectivity index (χ2v) is 6.54. The lowest BCUT2D eigenvalue weighted by atomic mass is 10.3. The minimum atomic E-state index is -3.55. The maximum atomic E-state index is 12.1. The Hall–Kier alpha value is -1.44. The van der Waals surface area contributed by atoms with Crippen LogP contribution in [0.2, 0.25) is 0 Å². The van der Waals surface area contributed by atoms with E-state index >= 15 is 0 Å². The van der Waals surface area contributed by atoms with Crippen molar-refractivity contribution in [3.8, 4) is 0 Å². The van der Waals surface area contributed by atoms with Crippen LogP contribution in [0.5, 0.6) is 0 Å². The first-order chi connectivity index (χ1) is 8.53. The average Bonchev–Trinajstić information content (AvgIpc) is 2.81. The summed E-state index contributed by atoms with van der Waals surface area (Å²) in [7, 11) is -3.55. The third kappa shape index (κ3) is 2.69. The number of nitrogens with two attached hydrogens (primary N) is 1. The van der Waals surface area contributed by atoms with Crippen molar-refractivity contribution in [1.29, 1.82) is 0 Å². The highest BCUT2D eigenvalue weighted by Gasteiger charge is 2.17. The highest BCUT2D eigenvalue weighted by Crippen LogP contribution is 2.23. The van der Waals surface area contributed by atoms with Gasteiger partial charge in [-0.2, -0.15) is 0 Å². The van der Waals surface area contributed by atoms with Crippen LogP contribution in [0.3, 0.4) is 0 Å². The zero-order valence-corrected chi connectivity index (χ0v) is 11.4. The van der Waals surface area contributed by atoms with Crippen LogP contribution in [0.15, 0.2) is 34.0 Å². The Bertz CT molecular complexity index is 650. The summed E-state index contributed by atoms with van der Waals surface area (Å²) in [5.74, 6) is 0. The van der Waals surface area contributed by atoms with Gasteiger partial charge in [0.05, 0.1) is 11.4 Å². The lowest BCUT2D eigenvalue weighted by Crippen LogP contribution is -2.12. The number of aryl methyl sites for hydroxylation is 1. The number of nitrogens with one attached hydrogen (secondary N) is 1. The predicted molar refractivity (Wildman–Crippen MR) is 72.0 cm³/mol. The van der Waals surface area contributed by atoms with E-state index in [4.69, 9.17) is 5.73 Å².